The molecule has 0 atom stereocenters. The zero-order valence-electron chi connectivity index (χ0n) is 12.9. The number of oxime groups is 1. The Labute approximate surface area is 121 Å². The fourth-order valence-electron chi connectivity index (χ4n) is 1.92. The van der Waals surface area contributed by atoms with Gasteiger partial charge in [0, 0.05) is 6.42 Å². The number of amidine groups is 1. The molecule has 0 aliphatic rings. The fourth-order valence-corrected chi connectivity index (χ4v) is 1.92. The molecule has 1 aromatic carbocycles. The molecule has 0 aromatic heterocycles. The molecule has 0 amide bonds. The molecule has 0 saturated carbocycles. The fraction of sp³-hybridized carbons (Fsp3) is 0.562. The van der Waals surface area contributed by atoms with Crippen LogP contribution in [0.4, 0.5) is 0 Å². The summed E-state index contributed by atoms with van der Waals surface area (Å²) in [6.07, 6.45) is 2.34. The predicted molar refractivity (Wildman–Crippen MR) is 82.6 cm³/mol. The lowest BCUT2D eigenvalue weighted by Crippen LogP contribution is -2.12. The molecule has 20 heavy (non-hydrogen) atoms. The van der Waals surface area contributed by atoms with Crippen molar-refractivity contribution in [2.24, 2.45) is 10.9 Å². The number of benzene rings is 1. The second-order valence-corrected chi connectivity index (χ2v) is 6.13. The lowest BCUT2D eigenvalue weighted by Gasteiger charge is -2.20. The second kappa shape index (κ2) is 7.17. The van der Waals surface area contributed by atoms with E-state index >= 15 is 0 Å². The smallest absolute Gasteiger partial charge is 0.139 e. The molecule has 4 heteroatoms. The van der Waals surface area contributed by atoms with Crippen LogP contribution >= 0.6 is 0 Å². The molecule has 112 valence electrons. The topological polar surface area (TPSA) is 67.8 Å². The van der Waals surface area contributed by atoms with Gasteiger partial charge in [0.25, 0.3) is 0 Å². The van der Waals surface area contributed by atoms with Crippen LogP contribution in [0.5, 0.6) is 5.75 Å². The third-order valence-corrected chi connectivity index (χ3v) is 3.25. The van der Waals surface area contributed by atoms with Crippen LogP contribution in [0.2, 0.25) is 0 Å². The lowest BCUT2D eigenvalue weighted by molar-refractivity contribution is 0.303. The summed E-state index contributed by atoms with van der Waals surface area (Å²) >= 11 is 0. The highest BCUT2D eigenvalue weighted by Gasteiger charge is 2.14. The van der Waals surface area contributed by atoms with Gasteiger partial charge in [0.1, 0.15) is 11.6 Å². The molecule has 0 saturated heterocycles. The van der Waals surface area contributed by atoms with Crippen LogP contribution in [0.15, 0.2) is 23.4 Å². The van der Waals surface area contributed by atoms with E-state index in [0.29, 0.717) is 13.0 Å². The summed E-state index contributed by atoms with van der Waals surface area (Å²) in [5.74, 6) is 1.21. The van der Waals surface area contributed by atoms with Crippen molar-refractivity contribution in [1.29, 1.82) is 0 Å². The summed E-state index contributed by atoms with van der Waals surface area (Å²) in [4.78, 5) is 0. The molecule has 0 unspecified atom stereocenters. The summed E-state index contributed by atoms with van der Waals surface area (Å²) in [6, 6.07) is 6.35. The lowest BCUT2D eigenvalue weighted by atomic mass is 9.86. The van der Waals surface area contributed by atoms with Crippen LogP contribution in [-0.2, 0) is 5.41 Å². The largest absolute Gasteiger partial charge is 0.493 e. The molecular formula is C16H26N2O2. The van der Waals surface area contributed by atoms with Gasteiger partial charge in [0.05, 0.1) is 6.61 Å². The molecule has 0 radical (unpaired) electrons. The van der Waals surface area contributed by atoms with Gasteiger partial charge >= 0.3 is 0 Å². The van der Waals surface area contributed by atoms with E-state index < -0.39 is 0 Å². The van der Waals surface area contributed by atoms with Gasteiger partial charge in [-0.15, -0.1) is 0 Å². The quantitative estimate of drug-likeness (QED) is 0.275. The van der Waals surface area contributed by atoms with Crippen LogP contribution in [0.1, 0.15) is 51.2 Å². The van der Waals surface area contributed by atoms with Crippen LogP contribution in [0, 0.1) is 6.92 Å². The van der Waals surface area contributed by atoms with Crippen LogP contribution in [0.25, 0.3) is 0 Å². The minimum atomic E-state index is 0.157. The maximum absolute atomic E-state index is 8.43. The zero-order valence-corrected chi connectivity index (χ0v) is 12.9. The van der Waals surface area contributed by atoms with Crippen LogP contribution in [-0.4, -0.2) is 17.6 Å². The van der Waals surface area contributed by atoms with E-state index in [2.05, 4.69) is 45.0 Å². The first-order valence-corrected chi connectivity index (χ1v) is 7.05. The van der Waals surface area contributed by atoms with E-state index in [0.717, 1.165) is 24.2 Å². The Balaban J connectivity index is 2.45. The van der Waals surface area contributed by atoms with Crippen molar-refractivity contribution in [1.82, 2.24) is 0 Å². The maximum Gasteiger partial charge on any atom is 0.139 e. The van der Waals surface area contributed by atoms with Crippen molar-refractivity contribution in [2.75, 3.05) is 6.61 Å². The molecule has 0 aliphatic carbocycles. The van der Waals surface area contributed by atoms with Gasteiger partial charge in [-0.25, -0.2) is 0 Å². The van der Waals surface area contributed by atoms with Crippen molar-refractivity contribution in [3.8, 4) is 5.75 Å². The van der Waals surface area contributed by atoms with Crippen molar-refractivity contribution >= 4 is 5.84 Å². The van der Waals surface area contributed by atoms with Gasteiger partial charge in [0.2, 0.25) is 0 Å². The molecule has 4 nitrogen and oxygen atoms in total. The Kier molecular flexibility index (Phi) is 5.86. The molecule has 0 heterocycles. The summed E-state index contributed by atoms with van der Waals surface area (Å²) in [5.41, 5.74) is 8.04. The number of nitrogens with two attached hydrogens (primary N) is 1. The van der Waals surface area contributed by atoms with Gasteiger partial charge in [-0.2, -0.15) is 0 Å². The van der Waals surface area contributed by atoms with Crippen molar-refractivity contribution in [3.05, 3.63) is 29.3 Å². The monoisotopic (exact) mass is 278 g/mol. The van der Waals surface area contributed by atoms with Crippen molar-refractivity contribution in [3.63, 3.8) is 0 Å². The first-order valence-electron chi connectivity index (χ1n) is 7.05. The third kappa shape index (κ3) is 5.11. The van der Waals surface area contributed by atoms with Gasteiger partial charge < -0.3 is 15.7 Å². The molecule has 0 fully saturated rings. The van der Waals surface area contributed by atoms with E-state index in [1.807, 2.05) is 6.07 Å². The number of hydrogen-bond acceptors (Lipinski definition) is 3. The number of nitrogens with zero attached hydrogens (tertiary/aromatic N) is 1. The first kappa shape index (κ1) is 16.3. The number of rotatable bonds is 6. The summed E-state index contributed by atoms with van der Waals surface area (Å²) in [5, 5.41) is 11.4. The highest BCUT2D eigenvalue weighted by Crippen LogP contribution is 2.27. The third-order valence-electron chi connectivity index (χ3n) is 3.25. The molecule has 0 bridgehead atoms. The Hall–Kier alpha value is -1.71. The summed E-state index contributed by atoms with van der Waals surface area (Å²) in [6.45, 7) is 9.33. The van der Waals surface area contributed by atoms with Gasteiger partial charge in [-0.1, -0.05) is 38.1 Å². The van der Waals surface area contributed by atoms with Crippen molar-refractivity contribution in [2.45, 2.75) is 52.4 Å². The van der Waals surface area contributed by atoms with E-state index in [4.69, 9.17) is 15.7 Å². The molecule has 0 spiro atoms. The average molecular weight is 278 g/mol. The predicted octanol–water partition coefficient (Wildman–Crippen LogP) is 3.59. The van der Waals surface area contributed by atoms with Gasteiger partial charge in [-0.05, 0) is 42.4 Å². The number of ether oxygens (including phenoxy) is 1. The normalized spacial score (nSPS) is 12.5. The SMILES string of the molecule is Cc1cc(C(C)(C)C)ccc1OCCCCC(N)=NO. The highest BCUT2D eigenvalue weighted by molar-refractivity contribution is 5.79. The van der Waals surface area contributed by atoms with Gasteiger partial charge in [-0.3, -0.25) is 0 Å². The zero-order chi connectivity index (χ0) is 15.2. The summed E-state index contributed by atoms with van der Waals surface area (Å²) < 4.78 is 5.78. The van der Waals surface area contributed by atoms with Gasteiger partial charge in [0.15, 0.2) is 0 Å². The maximum atomic E-state index is 8.43. The minimum absolute atomic E-state index is 0.157. The van der Waals surface area contributed by atoms with E-state index in [9.17, 15) is 0 Å². The molecular weight excluding hydrogens is 252 g/mol. The number of unbranched alkanes of at least 4 members (excludes halogenated alkanes) is 1. The Bertz CT molecular complexity index is 462. The molecule has 1 aromatic rings. The highest BCUT2D eigenvalue weighted by atomic mass is 16.5. The minimum Gasteiger partial charge on any atom is -0.493 e. The standard InChI is InChI=1S/C16H26N2O2/c1-12-11-13(16(2,3)4)8-9-14(12)20-10-6-5-7-15(17)18-19/h8-9,11,19H,5-7,10H2,1-4H3,(H2,17,18). The number of hydrogen-bond donors (Lipinski definition) is 2. The Morgan fingerprint density at radius 2 is 2.00 bits per heavy atom. The molecule has 3 N–H and O–H groups in total. The Morgan fingerprint density at radius 1 is 1.30 bits per heavy atom. The van der Waals surface area contributed by atoms with E-state index in [-0.39, 0.29) is 11.3 Å². The molecule has 1 rings (SSSR count). The van der Waals surface area contributed by atoms with Crippen molar-refractivity contribution < 1.29 is 9.94 Å². The second-order valence-electron chi connectivity index (χ2n) is 6.13. The van der Waals surface area contributed by atoms with Crippen LogP contribution in [0.3, 0.4) is 0 Å². The summed E-state index contributed by atoms with van der Waals surface area (Å²) in [7, 11) is 0. The first-order chi connectivity index (χ1) is 9.34. The van der Waals surface area contributed by atoms with Crippen LogP contribution < -0.4 is 10.5 Å². The Morgan fingerprint density at radius 3 is 2.55 bits per heavy atom. The van der Waals surface area contributed by atoms with E-state index in [1.165, 1.54) is 5.56 Å². The molecule has 0 aliphatic heterocycles. The number of aryl methyl sites for hydroxylation is 1. The van der Waals surface area contributed by atoms with E-state index in [1.54, 1.807) is 0 Å². The average Bonchev–Trinajstić information content (AvgIpc) is 2.38.